The Bertz CT molecular complexity index is 509. The van der Waals surface area contributed by atoms with Crippen LogP contribution in [0.25, 0.3) is 0 Å². The van der Waals surface area contributed by atoms with Crippen LogP contribution in [0.3, 0.4) is 0 Å². The van der Waals surface area contributed by atoms with Gasteiger partial charge in [-0.2, -0.15) is 0 Å². The number of ether oxygens (including phenoxy) is 1. The Morgan fingerprint density at radius 2 is 2.11 bits per heavy atom. The Morgan fingerprint density at radius 3 is 2.72 bits per heavy atom. The van der Waals surface area contributed by atoms with E-state index in [0.29, 0.717) is 5.76 Å². The summed E-state index contributed by atoms with van der Waals surface area (Å²) in [4.78, 5) is 0. The topological polar surface area (TPSA) is 48.4 Å². The number of nitrogens with two attached hydrogens (primary N) is 1. The third kappa shape index (κ3) is 2.71. The number of benzene rings is 1. The highest BCUT2D eigenvalue weighted by molar-refractivity contribution is 5.30. The van der Waals surface area contributed by atoms with E-state index in [0.717, 1.165) is 5.56 Å². The van der Waals surface area contributed by atoms with E-state index in [9.17, 15) is 4.39 Å². The Labute approximate surface area is 105 Å². The second-order valence-electron chi connectivity index (χ2n) is 4.35. The minimum absolute atomic E-state index is 0.189. The highest BCUT2D eigenvalue weighted by Crippen LogP contribution is 2.27. The molecule has 0 amide bonds. The van der Waals surface area contributed by atoms with Crippen LogP contribution in [0, 0.1) is 12.7 Å². The lowest BCUT2D eigenvalue weighted by molar-refractivity contribution is 0.146. The zero-order valence-electron chi connectivity index (χ0n) is 10.4. The van der Waals surface area contributed by atoms with Crippen LogP contribution in [0.1, 0.15) is 24.4 Å². The van der Waals surface area contributed by atoms with Crippen molar-refractivity contribution in [3.8, 4) is 5.75 Å². The van der Waals surface area contributed by atoms with E-state index < -0.39 is 11.9 Å². The van der Waals surface area contributed by atoms with Crippen LogP contribution in [0.4, 0.5) is 4.39 Å². The summed E-state index contributed by atoms with van der Waals surface area (Å²) >= 11 is 0. The summed E-state index contributed by atoms with van der Waals surface area (Å²) in [5.41, 5.74) is 6.78. The van der Waals surface area contributed by atoms with Gasteiger partial charge < -0.3 is 14.9 Å². The van der Waals surface area contributed by atoms with Crippen LogP contribution >= 0.6 is 0 Å². The molecule has 0 saturated carbocycles. The number of hydrogen-bond donors (Lipinski definition) is 1. The summed E-state index contributed by atoms with van der Waals surface area (Å²) in [5.74, 6) is 0.373. The quantitative estimate of drug-likeness (QED) is 0.905. The molecule has 4 heteroatoms. The van der Waals surface area contributed by atoms with Crippen LogP contribution in [0.5, 0.6) is 5.75 Å². The molecule has 18 heavy (non-hydrogen) atoms. The molecule has 0 spiro atoms. The SMILES string of the molecule is Cc1ccc(F)c(OC(c2ccco2)C(C)N)c1. The highest BCUT2D eigenvalue weighted by Gasteiger charge is 2.22. The van der Waals surface area contributed by atoms with Crippen molar-refractivity contribution in [1.82, 2.24) is 0 Å². The summed E-state index contributed by atoms with van der Waals surface area (Å²) in [5, 5.41) is 0. The fourth-order valence-electron chi connectivity index (χ4n) is 1.72. The van der Waals surface area contributed by atoms with Gasteiger partial charge in [-0.25, -0.2) is 4.39 Å². The van der Waals surface area contributed by atoms with E-state index in [-0.39, 0.29) is 11.8 Å². The van der Waals surface area contributed by atoms with E-state index in [1.165, 1.54) is 6.07 Å². The monoisotopic (exact) mass is 249 g/mol. The first kappa shape index (κ1) is 12.6. The maximum Gasteiger partial charge on any atom is 0.171 e. The Kier molecular flexibility index (Phi) is 3.67. The minimum Gasteiger partial charge on any atom is -0.478 e. The first-order valence-electron chi connectivity index (χ1n) is 5.79. The predicted octanol–water partition coefficient (Wildman–Crippen LogP) is 3.19. The lowest BCUT2D eigenvalue weighted by Crippen LogP contribution is -2.29. The van der Waals surface area contributed by atoms with Gasteiger partial charge in [0.15, 0.2) is 17.7 Å². The molecule has 2 atom stereocenters. The van der Waals surface area contributed by atoms with Crippen LogP contribution in [-0.4, -0.2) is 6.04 Å². The first-order chi connectivity index (χ1) is 8.58. The van der Waals surface area contributed by atoms with Gasteiger partial charge in [0, 0.05) is 6.04 Å². The molecule has 0 fully saturated rings. The third-order valence-electron chi connectivity index (χ3n) is 2.64. The summed E-state index contributed by atoms with van der Waals surface area (Å²) in [7, 11) is 0. The number of aryl methyl sites for hydroxylation is 1. The largest absolute Gasteiger partial charge is 0.478 e. The molecule has 0 aliphatic carbocycles. The average Bonchev–Trinajstić information content (AvgIpc) is 2.83. The van der Waals surface area contributed by atoms with Crippen molar-refractivity contribution in [2.45, 2.75) is 26.0 Å². The number of furan rings is 1. The molecule has 96 valence electrons. The molecule has 2 rings (SSSR count). The molecule has 1 aromatic heterocycles. The van der Waals surface area contributed by atoms with Crippen molar-refractivity contribution >= 4 is 0 Å². The van der Waals surface area contributed by atoms with Crippen LogP contribution in [-0.2, 0) is 0 Å². The Hall–Kier alpha value is -1.81. The van der Waals surface area contributed by atoms with E-state index in [1.807, 2.05) is 6.92 Å². The van der Waals surface area contributed by atoms with Crippen LogP contribution < -0.4 is 10.5 Å². The normalized spacial score (nSPS) is 14.2. The summed E-state index contributed by atoms with van der Waals surface area (Å²) < 4.78 is 24.5. The molecular weight excluding hydrogens is 233 g/mol. The second-order valence-corrected chi connectivity index (χ2v) is 4.35. The maximum atomic E-state index is 13.6. The molecule has 3 nitrogen and oxygen atoms in total. The lowest BCUT2D eigenvalue weighted by atomic mass is 10.1. The van der Waals surface area contributed by atoms with E-state index >= 15 is 0 Å². The van der Waals surface area contributed by atoms with Crippen molar-refractivity contribution in [1.29, 1.82) is 0 Å². The number of hydrogen-bond acceptors (Lipinski definition) is 3. The zero-order valence-corrected chi connectivity index (χ0v) is 10.4. The van der Waals surface area contributed by atoms with E-state index in [4.69, 9.17) is 14.9 Å². The van der Waals surface area contributed by atoms with Crippen LogP contribution in [0.2, 0.25) is 0 Å². The molecule has 0 radical (unpaired) electrons. The summed E-state index contributed by atoms with van der Waals surface area (Å²) in [6.45, 7) is 3.67. The standard InChI is InChI=1S/C14H16FNO2/c1-9-5-6-11(15)13(8-9)18-14(10(2)16)12-4-3-7-17-12/h3-8,10,14H,16H2,1-2H3. The zero-order chi connectivity index (χ0) is 13.1. The van der Waals surface area contributed by atoms with Crippen molar-refractivity contribution in [3.05, 3.63) is 53.7 Å². The molecule has 0 aliphatic rings. The maximum absolute atomic E-state index is 13.6. The van der Waals surface area contributed by atoms with Gasteiger partial charge in [0.25, 0.3) is 0 Å². The first-order valence-corrected chi connectivity index (χ1v) is 5.79. The van der Waals surface area contributed by atoms with Gasteiger partial charge in [-0.3, -0.25) is 0 Å². The number of halogens is 1. The highest BCUT2D eigenvalue weighted by atomic mass is 19.1. The molecule has 2 aromatic rings. The molecule has 1 aromatic carbocycles. The summed E-state index contributed by atoms with van der Waals surface area (Å²) in [6.07, 6.45) is 1.04. The molecular formula is C14H16FNO2. The van der Waals surface area contributed by atoms with Gasteiger partial charge in [0.1, 0.15) is 5.76 Å². The van der Waals surface area contributed by atoms with Gasteiger partial charge >= 0.3 is 0 Å². The fraction of sp³-hybridized carbons (Fsp3) is 0.286. The minimum atomic E-state index is -0.503. The van der Waals surface area contributed by atoms with Crippen molar-refractivity contribution in [2.24, 2.45) is 5.73 Å². The Morgan fingerprint density at radius 1 is 1.33 bits per heavy atom. The van der Waals surface area contributed by atoms with E-state index in [1.54, 1.807) is 37.5 Å². The van der Waals surface area contributed by atoms with E-state index in [2.05, 4.69) is 0 Å². The van der Waals surface area contributed by atoms with Gasteiger partial charge in [-0.1, -0.05) is 6.07 Å². The van der Waals surface area contributed by atoms with Crippen molar-refractivity contribution in [2.75, 3.05) is 0 Å². The number of rotatable bonds is 4. The molecule has 0 aliphatic heterocycles. The molecule has 0 saturated heterocycles. The van der Waals surface area contributed by atoms with Gasteiger partial charge in [-0.05, 0) is 43.7 Å². The fourth-order valence-corrected chi connectivity index (χ4v) is 1.72. The summed E-state index contributed by atoms with van der Waals surface area (Å²) in [6, 6.07) is 7.92. The second kappa shape index (κ2) is 5.23. The molecule has 0 bridgehead atoms. The Balaban J connectivity index is 2.27. The molecule has 1 heterocycles. The molecule has 2 unspecified atom stereocenters. The smallest absolute Gasteiger partial charge is 0.171 e. The van der Waals surface area contributed by atoms with Crippen molar-refractivity contribution < 1.29 is 13.5 Å². The van der Waals surface area contributed by atoms with Gasteiger partial charge in [0.2, 0.25) is 0 Å². The lowest BCUT2D eigenvalue weighted by Gasteiger charge is -2.21. The van der Waals surface area contributed by atoms with Crippen LogP contribution in [0.15, 0.2) is 41.0 Å². The van der Waals surface area contributed by atoms with Gasteiger partial charge in [-0.15, -0.1) is 0 Å². The van der Waals surface area contributed by atoms with Gasteiger partial charge in [0.05, 0.1) is 6.26 Å². The van der Waals surface area contributed by atoms with Crippen molar-refractivity contribution in [3.63, 3.8) is 0 Å². The average molecular weight is 249 g/mol. The predicted molar refractivity (Wildman–Crippen MR) is 66.9 cm³/mol. The molecule has 2 N–H and O–H groups in total. The third-order valence-corrected chi connectivity index (χ3v) is 2.64.